The SMILES string of the molecule is CCCOCC(CCO)OCCOCCO. The molecule has 0 aliphatic heterocycles. The Morgan fingerprint density at radius 1 is 0.938 bits per heavy atom. The van der Waals surface area contributed by atoms with Gasteiger partial charge in [0, 0.05) is 13.2 Å². The summed E-state index contributed by atoms with van der Waals surface area (Å²) in [5.74, 6) is 0. The first kappa shape index (κ1) is 15.8. The molecule has 0 amide bonds. The highest BCUT2D eigenvalue weighted by Gasteiger charge is 2.08. The fourth-order valence-corrected chi connectivity index (χ4v) is 1.16. The molecule has 0 radical (unpaired) electrons. The van der Waals surface area contributed by atoms with Gasteiger partial charge in [0.05, 0.1) is 39.1 Å². The van der Waals surface area contributed by atoms with Crippen molar-refractivity contribution in [1.29, 1.82) is 0 Å². The molecule has 0 heterocycles. The lowest BCUT2D eigenvalue weighted by molar-refractivity contribution is -0.0484. The first-order valence-electron chi connectivity index (χ1n) is 5.84. The Balaban J connectivity index is 3.43. The maximum atomic E-state index is 8.83. The molecule has 16 heavy (non-hydrogen) atoms. The van der Waals surface area contributed by atoms with Crippen molar-refractivity contribution in [3.05, 3.63) is 0 Å². The summed E-state index contributed by atoms with van der Waals surface area (Å²) in [5.41, 5.74) is 0. The highest BCUT2D eigenvalue weighted by Crippen LogP contribution is 1.99. The van der Waals surface area contributed by atoms with E-state index in [1.165, 1.54) is 0 Å². The fraction of sp³-hybridized carbons (Fsp3) is 1.00. The highest BCUT2D eigenvalue weighted by molar-refractivity contribution is 4.56. The molecule has 1 atom stereocenters. The first-order chi connectivity index (χ1) is 7.85. The quantitative estimate of drug-likeness (QED) is 0.473. The van der Waals surface area contributed by atoms with Crippen molar-refractivity contribution in [1.82, 2.24) is 0 Å². The molecule has 0 aliphatic carbocycles. The van der Waals surface area contributed by atoms with Gasteiger partial charge in [-0.1, -0.05) is 6.92 Å². The summed E-state index contributed by atoms with van der Waals surface area (Å²) >= 11 is 0. The first-order valence-corrected chi connectivity index (χ1v) is 5.84. The third-order valence-corrected chi connectivity index (χ3v) is 1.92. The minimum absolute atomic E-state index is 0.0275. The van der Waals surface area contributed by atoms with Gasteiger partial charge in [-0.2, -0.15) is 0 Å². The average Bonchev–Trinajstić information content (AvgIpc) is 2.29. The molecule has 5 nitrogen and oxygen atoms in total. The van der Waals surface area contributed by atoms with E-state index >= 15 is 0 Å². The number of aliphatic hydroxyl groups is 2. The van der Waals surface area contributed by atoms with Gasteiger partial charge in [0.15, 0.2) is 0 Å². The van der Waals surface area contributed by atoms with Gasteiger partial charge in [0.25, 0.3) is 0 Å². The van der Waals surface area contributed by atoms with Gasteiger partial charge in [-0.3, -0.25) is 0 Å². The van der Waals surface area contributed by atoms with E-state index in [0.717, 1.165) is 6.42 Å². The van der Waals surface area contributed by atoms with E-state index in [0.29, 0.717) is 39.5 Å². The predicted octanol–water partition coefficient (Wildman–Crippen LogP) is 0.189. The molecular formula is C11H24O5. The maximum Gasteiger partial charge on any atom is 0.0831 e. The van der Waals surface area contributed by atoms with Crippen LogP contribution in [0.25, 0.3) is 0 Å². The molecule has 2 N–H and O–H groups in total. The number of hydrogen-bond acceptors (Lipinski definition) is 5. The number of aliphatic hydroxyl groups excluding tert-OH is 2. The van der Waals surface area contributed by atoms with Crippen LogP contribution in [0.5, 0.6) is 0 Å². The summed E-state index contributed by atoms with van der Waals surface area (Å²) in [6.45, 7) is 4.64. The van der Waals surface area contributed by atoms with Crippen LogP contribution in [-0.2, 0) is 14.2 Å². The minimum Gasteiger partial charge on any atom is -0.396 e. The Morgan fingerprint density at radius 2 is 1.75 bits per heavy atom. The third-order valence-electron chi connectivity index (χ3n) is 1.92. The van der Waals surface area contributed by atoms with Gasteiger partial charge in [0.1, 0.15) is 0 Å². The molecule has 0 saturated carbocycles. The normalized spacial score (nSPS) is 12.9. The van der Waals surface area contributed by atoms with Crippen LogP contribution in [0.15, 0.2) is 0 Å². The second-order valence-corrected chi connectivity index (χ2v) is 3.42. The maximum absolute atomic E-state index is 8.83. The van der Waals surface area contributed by atoms with Crippen molar-refractivity contribution in [2.75, 3.05) is 46.2 Å². The summed E-state index contributed by atoms with van der Waals surface area (Å²) < 4.78 is 15.9. The van der Waals surface area contributed by atoms with Crippen LogP contribution in [0, 0.1) is 0 Å². The van der Waals surface area contributed by atoms with Gasteiger partial charge < -0.3 is 24.4 Å². The van der Waals surface area contributed by atoms with Crippen molar-refractivity contribution in [3.63, 3.8) is 0 Å². The van der Waals surface area contributed by atoms with Crippen LogP contribution in [0.2, 0.25) is 0 Å². The number of rotatable bonds is 12. The van der Waals surface area contributed by atoms with Gasteiger partial charge in [-0.25, -0.2) is 0 Å². The van der Waals surface area contributed by atoms with Crippen molar-refractivity contribution in [2.24, 2.45) is 0 Å². The van der Waals surface area contributed by atoms with E-state index in [9.17, 15) is 0 Å². The summed E-state index contributed by atoms with van der Waals surface area (Å²) in [5, 5.41) is 17.3. The van der Waals surface area contributed by atoms with Crippen LogP contribution in [-0.4, -0.2) is 62.6 Å². The Morgan fingerprint density at radius 3 is 2.38 bits per heavy atom. The van der Waals surface area contributed by atoms with Crippen molar-refractivity contribution in [2.45, 2.75) is 25.9 Å². The van der Waals surface area contributed by atoms with Gasteiger partial charge in [-0.05, 0) is 12.8 Å². The number of hydrogen-bond donors (Lipinski definition) is 2. The molecule has 98 valence electrons. The fourth-order valence-electron chi connectivity index (χ4n) is 1.16. The predicted molar refractivity (Wildman–Crippen MR) is 60.5 cm³/mol. The van der Waals surface area contributed by atoms with E-state index in [4.69, 9.17) is 24.4 Å². The van der Waals surface area contributed by atoms with E-state index in [-0.39, 0.29) is 19.3 Å². The van der Waals surface area contributed by atoms with Crippen LogP contribution in [0.1, 0.15) is 19.8 Å². The summed E-state index contributed by atoms with van der Waals surface area (Å²) in [6, 6.07) is 0. The summed E-state index contributed by atoms with van der Waals surface area (Å²) in [4.78, 5) is 0. The largest absolute Gasteiger partial charge is 0.396 e. The smallest absolute Gasteiger partial charge is 0.0831 e. The summed E-state index contributed by atoms with van der Waals surface area (Å²) in [7, 11) is 0. The lowest BCUT2D eigenvalue weighted by Gasteiger charge is -2.16. The zero-order chi connectivity index (χ0) is 12.1. The Labute approximate surface area is 97.3 Å². The molecule has 0 saturated heterocycles. The van der Waals surface area contributed by atoms with Gasteiger partial charge in [0.2, 0.25) is 0 Å². The molecule has 0 aromatic rings. The van der Waals surface area contributed by atoms with E-state index in [1.807, 2.05) is 6.92 Å². The monoisotopic (exact) mass is 236 g/mol. The topological polar surface area (TPSA) is 68.2 Å². The lowest BCUT2D eigenvalue weighted by Crippen LogP contribution is -2.23. The Kier molecular flexibility index (Phi) is 12.7. The van der Waals surface area contributed by atoms with E-state index < -0.39 is 0 Å². The number of ether oxygens (including phenoxy) is 3. The average molecular weight is 236 g/mol. The van der Waals surface area contributed by atoms with E-state index in [2.05, 4.69) is 0 Å². The van der Waals surface area contributed by atoms with Crippen molar-refractivity contribution >= 4 is 0 Å². The third kappa shape index (κ3) is 10.3. The minimum atomic E-state index is -0.0747. The zero-order valence-corrected chi connectivity index (χ0v) is 10.1. The van der Waals surface area contributed by atoms with Crippen LogP contribution in [0.3, 0.4) is 0 Å². The lowest BCUT2D eigenvalue weighted by atomic mass is 10.3. The molecular weight excluding hydrogens is 212 g/mol. The zero-order valence-electron chi connectivity index (χ0n) is 10.1. The molecule has 0 aliphatic rings. The van der Waals surface area contributed by atoms with Crippen LogP contribution in [0.4, 0.5) is 0 Å². The second kappa shape index (κ2) is 12.9. The molecule has 0 bridgehead atoms. The molecule has 5 heteroatoms. The molecule has 1 unspecified atom stereocenters. The Bertz CT molecular complexity index is 132. The Hall–Kier alpha value is -0.200. The van der Waals surface area contributed by atoms with Gasteiger partial charge in [-0.15, -0.1) is 0 Å². The second-order valence-electron chi connectivity index (χ2n) is 3.42. The van der Waals surface area contributed by atoms with E-state index in [1.54, 1.807) is 0 Å². The standard InChI is InChI=1S/C11H24O5/c1-2-6-15-10-11(3-4-12)16-9-8-14-7-5-13/h11-13H,2-10H2,1H3. The highest BCUT2D eigenvalue weighted by atomic mass is 16.6. The van der Waals surface area contributed by atoms with Crippen molar-refractivity contribution in [3.8, 4) is 0 Å². The van der Waals surface area contributed by atoms with Gasteiger partial charge >= 0.3 is 0 Å². The molecule has 0 aromatic heterocycles. The molecule has 0 aromatic carbocycles. The van der Waals surface area contributed by atoms with Crippen molar-refractivity contribution < 1.29 is 24.4 Å². The van der Waals surface area contributed by atoms with Crippen LogP contribution >= 0.6 is 0 Å². The molecule has 0 fully saturated rings. The summed E-state index contributed by atoms with van der Waals surface area (Å²) in [6.07, 6.45) is 1.48. The van der Waals surface area contributed by atoms with Crippen LogP contribution < -0.4 is 0 Å². The molecule has 0 rings (SSSR count). The molecule has 0 spiro atoms.